The van der Waals surface area contributed by atoms with Crippen LogP contribution in [0.5, 0.6) is 5.75 Å². The van der Waals surface area contributed by atoms with E-state index in [2.05, 4.69) is 23.6 Å². The Kier molecular flexibility index (Phi) is 12.6. The van der Waals surface area contributed by atoms with E-state index in [9.17, 15) is 0 Å². The van der Waals surface area contributed by atoms with Gasteiger partial charge in [0, 0.05) is 48.1 Å². The van der Waals surface area contributed by atoms with Crippen LogP contribution in [0, 0.1) is 11.6 Å². The molecule has 0 bridgehead atoms. The summed E-state index contributed by atoms with van der Waals surface area (Å²) in [4.78, 5) is 0. The molecule has 0 saturated carbocycles. The van der Waals surface area contributed by atoms with Crippen LogP contribution < -0.4 is 4.74 Å². The van der Waals surface area contributed by atoms with Crippen LogP contribution in [0.15, 0.2) is 18.2 Å². The van der Waals surface area contributed by atoms with Gasteiger partial charge in [0.2, 0.25) is 0 Å². The number of fused-ring (bicyclic) bond motifs is 1. The van der Waals surface area contributed by atoms with Crippen molar-refractivity contribution in [3.8, 4) is 5.75 Å². The molecule has 0 N–H and O–H groups in total. The van der Waals surface area contributed by atoms with Crippen LogP contribution in [0.1, 0.15) is 18.9 Å². The summed E-state index contributed by atoms with van der Waals surface area (Å²) in [6, 6.07) is 6.18. The SMILES string of the molecule is CCCn1c(=S)c(Cl)c(C)c2ccc(OCCSCCOCCSCCOC)cc21. The van der Waals surface area contributed by atoms with Crippen LogP contribution in [0.25, 0.3) is 10.9 Å². The molecule has 1 aromatic carbocycles. The smallest absolute Gasteiger partial charge is 0.125 e. The summed E-state index contributed by atoms with van der Waals surface area (Å²) in [6.45, 7) is 8.07. The van der Waals surface area contributed by atoms with Crippen molar-refractivity contribution in [2.24, 2.45) is 0 Å². The molecule has 0 radical (unpaired) electrons. The summed E-state index contributed by atoms with van der Waals surface area (Å²) in [5, 5.41) is 1.80. The Balaban J connectivity index is 1.76. The minimum atomic E-state index is 0.671. The lowest BCUT2D eigenvalue weighted by Gasteiger charge is -2.16. The number of hydrogen-bond donors (Lipinski definition) is 0. The van der Waals surface area contributed by atoms with Crippen LogP contribution in [-0.4, -0.2) is 61.1 Å². The Labute approximate surface area is 199 Å². The van der Waals surface area contributed by atoms with Crippen molar-refractivity contribution in [1.82, 2.24) is 4.57 Å². The number of rotatable bonds is 15. The number of ether oxygens (including phenoxy) is 3. The third-order valence-electron chi connectivity index (χ3n) is 4.55. The normalized spacial score (nSPS) is 11.3. The van der Waals surface area contributed by atoms with Crippen molar-refractivity contribution in [1.29, 1.82) is 0 Å². The van der Waals surface area contributed by atoms with Crippen LogP contribution in [0.4, 0.5) is 0 Å². The lowest BCUT2D eigenvalue weighted by Crippen LogP contribution is -2.06. The average Bonchev–Trinajstić information content (AvgIpc) is 2.76. The highest BCUT2D eigenvalue weighted by Crippen LogP contribution is 2.30. The molecule has 2 aromatic rings. The molecule has 168 valence electrons. The van der Waals surface area contributed by atoms with Gasteiger partial charge in [-0.1, -0.05) is 30.7 Å². The first kappa shape index (κ1) is 25.8. The van der Waals surface area contributed by atoms with E-state index < -0.39 is 0 Å². The highest BCUT2D eigenvalue weighted by Gasteiger charge is 2.11. The predicted octanol–water partition coefficient (Wildman–Crippen LogP) is 6.25. The number of thioether (sulfide) groups is 2. The van der Waals surface area contributed by atoms with Crippen LogP contribution >= 0.6 is 47.3 Å². The zero-order valence-corrected chi connectivity index (χ0v) is 21.3. The molecule has 0 saturated heterocycles. The van der Waals surface area contributed by atoms with Crippen LogP contribution in [-0.2, 0) is 16.0 Å². The van der Waals surface area contributed by atoms with E-state index in [4.69, 9.17) is 38.0 Å². The molecule has 0 unspecified atom stereocenters. The number of nitrogens with zero attached hydrogens (tertiary/aromatic N) is 1. The predicted molar refractivity (Wildman–Crippen MR) is 136 cm³/mol. The maximum atomic E-state index is 6.45. The fraction of sp³-hybridized carbons (Fsp3) is 0.591. The largest absolute Gasteiger partial charge is 0.493 e. The van der Waals surface area contributed by atoms with E-state index in [0.717, 1.165) is 78.0 Å². The van der Waals surface area contributed by atoms with Gasteiger partial charge in [-0.3, -0.25) is 0 Å². The van der Waals surface area contributed by atoms with Crippen LogP contribution in [0.3, 0.4) is 0 Å². The van der Waals surface area contributed by atoms with Crippen molar-refractivity contribution < 1.29 is 14.2 Å². The van der Waals surface area contributed by atoms with Gasteiger partial charge in [-0.25, -0.2) is 0 Å². The third-order valence-corrected chi connectivity index (χ3v) is 7.37. The summed E-state index contributed by atoms with van der Waals surface area (Å²) in [5.74, 6) is 4.84. The zero-order valence-electron chi connectivity index (χ0n) is 18.1. The molecule has 4 nitrogen and oxygen atoms in total. The Morgan fingerprint density at radius 3 is 2.37 bits per heavy atom. The monoisotopic (exact) mass is 489 g/mol. The van der Waals surface area contributed by atoms with Crippen molar-refractivity contribution in [2.45, 2.75) is 26.8 Å². The molecule has 1 aromatic heterocycles. The number of aromatic nitrogens is 1. The number of pyridine rings is 1. The van der Waals surface area contributed by atoms with Gasteiger partial charge in [0.15, 0.2) is 0 Å². The summed E-state index contributed by atoms with van der Waals surface area (Å²) in [5.41, 5.74) is 2.12. The molecule has 0 spiro atoms. The number of benzene rings is 1. The number of hydrogen-bond acceptors (Lipinski definition) is 6. The molecule has 0 aliphatic rings. The van der Waals surface area contributed by atoms with Crippen molar-refractivity contribution in [3.63, 3.8) is 0 Å². The second kappa shape index (κ2) is 14.6. The molecule has 0 aliphatic heterocycles. The molecular formula is C22H32ClNO3S3. The fourth-order valence-electron chi connectivity index (χ4n) is 3.00. The van der Waals surface area contributed by atoms with E-state index in [1.807, 2.05) is 36.5 Å². The summed E-state index contributed by atoms with van der Waals surface area (Å²) < 4.78 is 19.5. The Morgan fingerprint density at radius 1 is 1.03 bits per heavy atom. The zero-order chi connectivity index (χ0) is 21.8. The number of aryl methyl sites for hydroxylation is 2. The molecule has 8 heteroatoms. The molecule has 0 aliphatic carbocycles. The standard InChI is InChI=1S/C22H32ClNO3S3/c1-4-7-24-20-16-18(5-6-19(20)17(2)21(23)22(24)28)27-11-15-30-14-10-26-9-13-29-12-8-25-3/h5-6,16H,4,7-15H2,1-3H3. The van der Waals surface area contributed by atoms with E-state index in [0.29, 0.717) is 16.3 Å². The molecule has 0 fully saturated rings. The lowest BCUT2D eigenvalue weighted by molar-refractivity contribution is 0.167. The second-order valence-corrected chi connectivity index (χ2v) is 9.97. The van der Waals surface area contributed by atoms with Gasteiger partial charge in [0.1, 0.15) is 10.4 Å². The quantitative estimate of drug-likeness (QED) is 0.217. The topological polar surface area (TPSA) is 32.6 Å². The fourth-order valence-corrected chi connectivity index (χ4v) is 4.91. The maximum Gasteiger partial charge on any atom is 0.125 e. The minimum Gasteiger partial charge on any atom is -0.493 e. The molecule has 2 rings (SSSR count). The molecule has 0 atom stereocenters. The Morgan fingerprint density at radius 2 is 1.70 bits per heavy atom. The van der Waals surface area contributed by atoms with Crippen LogP contribution in [0.2, 0.25) is 5.02 Å². The Bertz CT molecular complexity index is 844. The summed E-state index contributed by atoms with van der Waals surface area (Å²) in [6.07, 6.45) is 0.998. The molecular weight excluding hydrogens is 458 g/mol. The highest BCUT2D eigenvalue weighted by atomic mass is 35.5. The third kappa shape index (κ3) is 7.92. The number of methoxy groups -OCH3 is 1. The van der Waals surface area contributed by atoms with Crippen molar-refractivity contribution in [3.05, 3.63) is 33.4 Å². The first-order valence-corrected chi connectivity index (χ1v) is 13.4. The van der Waals surface area contributed by atoms with E-state index in [1.165, 1.54) is 0 Å². The van der Waals surface area contributed by atoms with Gasteiger partial charge in [-0.15, -0.1) is 0 Å². The van der Waals surface area contributed by atoms with E-state index in [-0.39, 0.29) is 0 Å². The molecule has 30 heavy (non-hydrogen) atoms. The minimum absolute atomic E-state index is 0.671. The molecule has 0 amide bonds. The van der Waals surface area contributed by atoms with Gasteiger partial charge in [-0.05, 0) is 31.0 Å². The van der Waals surface area contributed by atoms with Crippen molar-refractivity contribution in [2.75, 3.05) is 56.5 Å². The summed E-state index contributed by atoms with van der Waals surface area (Å²) >= 11 is 15.7. The van der Waals surface area contributed by atoms with E-state index >= 15 is 0 Å². The average molecular weight is 490 g/mol. The first-order chi connectivity index (χ1) is 14.6. The summed E-state index contributed by atoms with van der Waals surface area (Å²) in [7, 11) is 1.73. The lowest BCUT2D eigenvalue weighted by atomic mass is 10.1. The van der Waals surface area contributed by atoms with Gasteiger partial charge < -0.3 is 18.8 Å². The van der Waals surface area contributed by atoms with Gasteiger partial charge in [0.05, 0.1) is 37.0 Å². The van der Waals surface area contributed by atoms with Crippen molar-refractivity contribution >= 4 is 58.2 Å². The highest BCUT2D eigenvalue weighted by molar-refractivity contribution is 7.99. The molecule has 1 heterocycles. The maximum absolute atomic E-state index is 6.45. The van der Waals surface area contributed by atoms with Gasteiger partial charge in [-0.2, -0.15) is 23.5 Å². The van der Waals surface area contributed by atoms with E-state index in [1.54, 1.807) is 7.11 Å². The first-order valence-electron chi connectivity index (χ1n) is 10.3. The Hall–Kier alpha value is -0.440. The van der Waals surface area contributed by atoms with Gasteiger partial charge in [0.25, 0.3) is 0 Å². The number of halogens is 1. The van der Waals surface area contributed by atoms with Gasteiger partial charge >= 0.3 is 0 Å². The second-order valence-electron chi connectivity index (χ2n) is 6.75.